The molecular formula is C11H14BrNO2S. The zero-order valence-corrected chi connectivity index (χ0v) is 11.6. The van der Waals surface area contributed by atoms with Gasteiger partial charge in [0.1, 0.15) is 0 Å². The number of anilines is 1. The Bertz CT molecular complexity index is 511. The molecule has 0 aromatic heterocycles. The van der Waals surface area contributed by atoms with Crippen LogP contribution in [-0.4, -0.2) is 20.2 Å². The maximum absolute atomic E-state index is 12.3. The summed E-state index contributed by atoms with van der Waals surface area (Å²) in [4.78, 5) is 0.409. The minimum absolute atomic E-state index is 0.115. The van der Waals surface area contributed by atoms with E-state index < -0.39 is 9.84 Å². The van der Waals surface area contributed by atoms with Gasteiger partial charge in [0, 0.05) is 11.0 Å². The fraction of sp³-hybridized carbons (Fsp3) is 0.455. The van der Waals surface area contributed by atoms with E-state index in [1.807, 2.05) is 19.9 Å². The summed E-state index contributed by atoms with van der Waals surface area (Å²) >= 11 is 3.31. The van der Waals surface area contributed by atoms with Gasteiger partial charge in [-0.25, -0.2) is 8.42 Å². The van der Waals surface area contributed by atoms with Gasteiger partial charge in [0.25, 0.3) is 0 Å². The molecule has 0 amide bonds. The zero-order valence-electron chi connectivity index (χ0n) is 9.20. The molecule has 0 radical (unpaired) electrons. The lowest BCUT2D eigenvalue weighted by atomic mass is 10.1. The molecule has 0 saturated heterocycles. The van der Waals surface area contributed by atoms with Crippen LogP contribution in [0, 0.1) is 5.92 Å². The predicted molar refractivity (Wildman–Crippen MR) is 68.4 cm³/mol. The molecule has 88 valence electrons. The van der Waals surface area contributed by atoms with E-state index in [4.69, 9.17) is 0 Å². The van der Waals surface area contributed by atoms with Gasteiger partial charge in [-0.3, -0.25) is 0 Å². The van der Waals surface area contributed by atoms with Crippen molar-refractivity contribution < 1.29 is 8.42 Å². The van der Waals surface area contributed by atoms with Crippen LogP contribution in [0.3, 0.4) is 0 Å². The molecule has 1 aromatic carbocycles. The molecule has 3 nitrogen and oxygen atoms in total. The molecule has 0 spiro atoms. The summed E-state index contributed by atoms with van der Waals surface area (Å²) in [5.41, 5.74) is 0.708. The van der Waals surface area contributed by atoms with Crippen molar-refractivity contribution in [2.24, 2.45) is 5.92 Å². The average Bonchev–Trinajstić information content (AvgIpc) is 2.18. The second-order valence-corrected chi connectivity index (χ2v) is 7.40. The van der Waals surface area contributed by atoms with Gasteiger partial charge < -0.3 is 5.32 Å². The molecule has 2 rings (SSSR count). The third-order valence-corrected chi connectivity index (χ3v) is 5.84. The van der Waals surface area contributed by atoms with Crippen molar-refractivity contribution in [2.45, 2.75) is 24.0 Å². The van der Waals surface area contributed by atoms with Crippen LogP contribution in [0.4, 0.5) is 5.69 Å². The molecule has 1 N–H and O–H groups in total. The van der Waals surface area contributed by atoms with Gasteiger partial charge >= 0.3 is 0 Å². The number of rotatable bonds is 1. The summed E-state index contributed by atoms with van der Waals surface area (Å²) in [5, 5.41) is 2.84. The summed E-state index contributed by atoms with van der Waals surface area (Å²) in [6, 6.07) is 5.32. The van der Waals surface area contributed by atoms with E-state index >= 15 is 0 Å². The molecule has 1 heterocycles. The number of hydrogen-bond donors (Lipinski definition) is 1. The molecule has 1 aliphatic rings. The number of hydrogen-bond acceptors (Lipinski definition) is 3. The minimum atomic E-state index is -3.20. The standard InChI is InChI=1S/C11H14BrNO2S/c1-7(2)11-6-13-9-4-3-8(12)5-10(9)16(11,14)15/h3-5,7,11,13H,6H2,1-2H3. The Morgan fingerprint density at radius 3 is 2.75 bits per heavy atom. The average molecular weight is 304 g/mol. The summed E-state index contributed by atoms with van der Waals surface area (Å²) in [5.74, 6) is 0.115. The van der Waals surface area contributed by atoms with Gasteiger partial charge in [0.2, 0.25) is 0 Å². The molecule has 0 bridgehead atoms. The first-order chi connectivity index (χ1) is 7.43. The first-order valence-electron chi connectivity index (χ1n) is 5.20. The molecule has 0 aliphatic carbocycles. The molecule has 0 fully saturated rings. The van der Waals surface area contributed by atoms with Crippen molar-refractivity contribution in [2.75, 3.05) is 11.9 Å². The quantitative estimate of drug-likeness (QED) is 0.867. The minimum Gasteiger partial charge on any atom is -0.383 e. The van der Waals surface area contributed by atoms with E-state index in [1.54, 1.807) is 12.1 Å². The highest BCUT2D eigenvalue weighted by Crippen LogP contribution is 2.34. The highest BCUT2D eigenvalue weighted by Gasteiger charge is 2.35. The van der Waals surface area contributed by atoms with Crippen LogP contribution in [0.25, 0.3) is 0 Å². The van der Waals surface area contributed by atoms with Gasteiger partial charge in [-0.2, -0.15) is 0 Å². The van der Waals surface area contributed by atoms with Crippen LogP contribution in [0.2, 0.25) is 0 Å². The molecule has 1 unspecified atom stereocenters. The third-order valence-electron chi connectivity index (χ3n) is 2.89. The van der Waals surface area contributed by atoms with Crippen molar-refractivity contribution in [1.29, 1.82) is 0 Å². The Kier molecular flexibility index (Phi) is 3.01. The first-order valence-corrected chi connectivity index (χ1v) is 7.54. The monoisotopic (exact) mass is 303 g/mol. The molecular weight excluding hydrogens is 290 g/mol. The van der Waals surface area contributed by atoms with Crippen LogP contribution in [0.15, 0.2) is 27.6 Å². The van der Waals surface area contributed by atoms with Gasteiger partial charge in [-0.1, -0.05) is 29.8 Å². The Balaban J connectivity index is 2.58. The van der Waals surface area contributed by atoms with E-state index in [2.05, 4.69) is 21.2 Å². The first kappa shape index (κ1) is 11.9. The van der Waals surface area contributed by atoms with E-state index in [0.717, 1.165) is 4.47 Å². The molecule has 1 aliphatic heterocycles. The lowest BCUT2D eigenvalue weighted by Crippen LogP contribution is -2.38. The van der Waals surface area contributed by atoms with Crippen LogP contribution in [0.1, 0.15) is 13.8 Å². The van der Waals surface area contributed by atoms with E-state index in [1.165, 1.54) is 0 Å². The number of halogens is 1. The van der Waals surface area contributed by atoms with Gasteiger partial charge in [-0.15, -0.1) is 0 Å². The van der Waals surface area contributed by atoms with Crippen molar-refractivity contribution in [1.82, 2.24) is 0 Å². The molecule has 5 heteroatoms. The number of sulfone groups is 1. The van der Waals surface area contributed by atoms with Gasteiger partial charge in [0.05, 0.1) is 15.8 Å². The van der Waals surface area contributed by atoms with E-state index in [0.29, 0.717) is 17.1 Å². The van der Waals surface area contributed by atoms with Crippen molar-refractivity contribution in [3.05, 3.63) is 22.7 Å². The zero-order chi connectivity index (χ0) is 11.9. The van der Waals surface area contributed by atoms with Crippen molar-refractivity contribution in [3.63, 3.8) is 0 Å². The molecule has 1 atom stereocenters. The fourth-order valence-electron chi connectivity index (χ4n) is 1.95. The third kappa shape index (κ3) is 1.86. The Morgan fingerprint density at radius 1 is 1.44 bits per heavy atom. The second-order valence-electron chi connectivity index (χ2n) is 4.35. The predicted octanol–water partition coefficient (Wildman–Crippen LogP) is 2.67. The summed E-state index contributed by atoms with van der Waals surface area (Å²) in [6.45, 7) is 4.37. The summed E-state index contributed by atoms with van der Waals surface area (Å²) in [7, 11) is -3.20. The summed E-state index contributed by atoms with van der Waals surface area (Å²) < 4.78 is 25.5. The maximum Gasteiger partial charge on any atom is 0.185 e. The van der Waals surface area contributed by atoms with Crippen LogP contribution in [0.5, 0.6) is 0 Å². The summed E-state index contributed by atoms with van der Waals surface area (Å²) in [6.07, 6.45) is 0. The van der Waals surface area contributed by atoms with E-state index in [9.17, 15) is 8.42 Å². The van der Waals surface area contributed by atoms with Crippen LogP contribution >= 0.6 is 15.9 Å². The lowest BCUT2D eigenvalue weighted by molar-refractivity contribution is 0.533. The second kappa shape index (κ2) is 4.04. The molecule has 16 heavy (non-hydrogen) atoms. The fourth-order valence-corrected chi connectivity index (χ4v) is 4.55. The van der Waals surface area contributed by atoms with Gasteiger partial charge in [-0.05, 0) is 24.1 Å². The Morgan fingerprint density at radius 2 is 2.12 bits per heavy atom. The molecule has 0 saturated carbocycles. The highest BCUT2D eigenvalue weighted by molar-refractivity contribution is 9.10. The number of nitrogens with one attached hydrogen (secondary N) is 1. The number of benzene rings is 1. The van der Waals surface area contributed by atoms with Crippen LogP contribution in [-0.2, 0) is 9.84 Å². The smallest absolute Gasteiger partial charge is 0.185 e. The van der Waals surface area contributed by atoms with Crippen molar-refractivity contribution >= 4 is 31.5 Å². The SMILES string of the molecule is CC(C)C1CNc2ccc(Br)cc2S1(=O)=O. The topological polar surface area (TPSA) is 46.2 Å². The molecule has 1 aromatic rings. The van der Waals surface area contributed by atoms with E-state index in [-0.39, 0.29) is 11.2 Å². The van der Waals surface area contributed by atoms with Gasteiger partial charge in [0.15, 0.2) is 9.84 Å². The highest BCUT2D eigenvalue weighted by atomic mass is 79.9. The Hall–Kier alpha value is -0.550. The van der Waals surface area contributed by atoms with Crippen molar-refractivity contribution in [3.8, 4) is 0 Å². The lowest BCUT2D eigenvalue weighted by Gasteiger charge is -2.28. The normalized spacial score (nSPS) is 22.6. The Labute approximate surface area is 104 Å². The van der Waals surface area contributed by atoms with Crippen LogP contribution < -0.4 is 5.32 Å². The number of fused-ring (bicyclic) bond motifs is 1. The largest absolute Gasteiger partial charge is 0.383 e. The maximum atomic E-state index is 12.3.